The van der Waals surface area contributed by atoms with Crippen molar-refractivity contribution in [1.82, 2.24) is 0 Å². The van der Waals surface area contributed by atoms with E-state index in [0.29, 0.717) is 42.8 Å². The van der Waals surface area contributed by atoms with Crippen LogP contribution in [0, 0.1) is 11.3 Å². The first-order chi connectivity index (χ1) is 16.1. The molecule has 0 amide bonds. The van der Waals surface area contributed by atoms with Crippen LogP contribution in [0.25, 0.3) is 0 Å². The minimum atomic E-state index is -2.68. The first kappa shape index (κ1) is 34.9. The largest absolute Gasteiger partial charge is 0.424 e. The Morgan fingerprint density at radius 2 is 1.15 bits per heavy atom. The van der Waals surface area contributed by atoms with Crippen LogP contribution in [0.5, 0.6) is 5.75 Å². The predicted octanol–water partition coefficient (Wildman–Crippen LogP) is 7.46. The lowest BCUT2D eigenvalue weighted by atomic mass is 10.2. The van der Waals surface area contributed by atoms with E-state index in [2.05, 4.69) is 0 Å². The van der Waals surface area contributed by atoms with Crippen LogP contribution in [0.3, 0.4) is 0 Å². The van der Waals surface area contributed by atoms with Crippen molar-refractivity contribution in [1.29, 1.82) is 5.26 Å². The number of nitrogens with zero attached hydrogens (tertiary/aromatic N) is 1. The van der Waals surface area contributed by atoms with Gasteiger partial charge in [0.05, 0.1) is 43.1 Å². The van der Waals surface area contributed by atoms with Crippen LogP contribution < -0.4 is 4.52 Å². The number of benzene rings is 1. The van der Waals surface area contributed by atoms with Crippen molar-refractivity contribution >= 4 is 76.3 Å². The van der Waals surface area contributed by atoms with Crippen molar-refractivity contribution in [3.05, 3.63) is 29.8 Å². The Bertz CT molecular complexity index is 828. The van der Waals surface area contributed by atoms with Gasteiger partial charge in [-0.3, -0.25) is 0 Å². The smallest absolute Gasteiger partial charge is 0.380 e. The predicted molar refractivity (Wildman–Crippen MR) is 155 cm³/mol. The van der Waals surface area contributed by atoms with Gasteiger partial charge in [0.25, 0.3) is 0 Å². The maximum atomic E-state index is 8.60. The zero-order valence-electron chi connectivity index (χ0n) is 20.0. The lowest BCUT2D eigenvalue weighted by molar-refractivity contribution is 0.273. The van der Waals surface area contributed by atoms with Crippen molar-refractivity contribution < 1.29 is 31.7 Å². The molecule has 0 spiro atoms. The summed E-state index contributed by atoms with van der Waals surface area (Å²) in [5.41, 5.74) is -3.95. The van der Waals surface area contributed by atoms with Gasteiger partial charge in [-0.1, -0.05) is 22.8 Å². The van der Waals surface area contributed by atoms with Crippen LogP contribution in [0.15, 0.2) is 24.3 Å². The lowest BCUT2D eigenvalue weighted by Gasteiger charge is -2.23. The van der Waals surface area contributed by atoms with Crippen molar-refractivity contribution in [2.75, 3.05) is 45.7 Å². The van der Waals surface area contributed by atoms with Crippen LogP contribution in [0.2, 0.25) is 0 Å². The molecule has 0 aliphatic heterocycles. The molecule has 1 rings (SSSR count). The Hall–Kier alpha value is 0.920. The summed E-state index contributed by atoms with van der Waals surface area (Å²) in [5.74, 6) is 0.529. The minimum Gasteiger partial charge on any atom is -0.424 e. The molecule has 34 heavy (non-hydrogen) atoms. The molecule has 0 fully saturated rings. The molecule has 16 heteroatoms. The third-order valence-electron chi connectivity index (χ3n) is 3.22. The van der Waals surface area contributed by atoms with E-state index in [0.717, 1.165) is 0 Å². The van der Waals surface area contributed by atoms with E-state index in [1.54, 1.807) is 24.3 Å². The molecule has 1 aromatic rings. The van der Waals surface area contributed by atoms with E-state index in [4.69, 9.17) is 72.3 Å². The van der Waals surface area contributed by atoms with E-state index in [-0.39, 0.29) is 0 Å². The van der Waals surface area contributed by atoms with E-state index < -0.39 is 18.1 Å². The third kappa shape index (κ3) is 14.6. The molecule has 0 aliphatic rings. The minimum absolute atomic E-state index is 0.529. The van der Waals surface area contributed by atoms with E-state index in [9.17, 15) is 0 Å². The Balaban J connectivity index is 0.000000657. The first-order valence-corrected chi connectivity index (χ1v) is 21.1. The quantitative estimate of drug-likeness (QED) is 0.134. The molecule has 0 unspecified atom stereocenters. The Morgan fingerprint density at radius 1 is 0.765 bits per heavy atom. The fraction of sp³-hybridized carbons (Fsp3) is 0.611. The number of hydrogen-bond acceptors (Lipinski definition) is 13. The maximum absolute atomic E-state index is 8.60. The van der Waals surface area contributed by atoms with Crippen LogP contribution in [-0.2, 0) is 62.6 Å². The van der Waals surface area contributed by atoms with Gasteiger partial charge in [0.15, 0.2) is 0 Å². The molecule has 0 atom stereocenters. The molecule has 8 nitrogen and oxygen atoms in total. The number of nitriles is 1. The average Bonchev–Trinajstić information content (AvgIpc) is 2.80. The highest BCUT2D eigenvalue weighted by Gasteiger charge is 2.24. The fourth-order valence-electron chi connectivity index (χ4n) is 1.88. The molecule has 0 heterocycles. The maximum Gasteiger partial charge on any atom is 0.380 e. The van der Waals surface area contributed by atoms with Crippen molar-refractivity contribution in [3.8, 4) is 11.8 Å². The summed E-state index contributed by atoms with van der Waals surface area (Å²) >= 11 is 18.9. The molecule has 0 bridgehead atoms. The first-order valence-electron chi connectivity index (χ1n) is 10.1. The normalized spacial score (nSPS) is 11.9. The standard InChI is InChI=1S/C9H10NO3PS.C9H22O4P2S4/c1-11-14(15,12-2)13-9-5-3-8(7-10)4-6-9;1-5-10-14(16,11-6-2)18-9-19-15(17,12-7-3)13-8-4/h3-6H,1-2H3;5-9H2,1-4H3. The van der Waals surface area contributed by atoms with Gasteiger partial charge in [0, 0.05) is 26.0 Å². The average molecular weight is 628 g/mol. The van der Waals surface area contributed by atoms with Gasteiger partial charge in [-0.25, -0.2) is 0 Å². The highest BCUT2D eigenvalue weighted by Crippen LogP contribution is 2.67. The van der Waals surface area contributed by atoms with Gasteiger partial charge in [0.1, 0.15) is 5.75 Å². The SMILES string of the molecule is CCOP(=S)(OCC)SCSP(=S)(OCC)OCC.COP(=S)(OC)Oc1ccc(C#N)cc1. The molecule has 1 aromatic carbocycles. The van der Waals surface area contributed by atoms with Gasteiger partial charge >= 0.3 is 6.72 Å². The zero-order valence-corrected chi connectivity index (χ0v) is 26.8. The molecular formula is C18H32NO7P3S5. The molecular weight excluding hydrogens is 595 g/mol. The Morgan fingerprint density at radius 3 is 1.44 bits per heavy atom. The lowest BCUT2D eigenvalue weighted by Crippen LogP contribution is -1.96. The summed E-state index contributed by atoms with van der Waals surface area (Å²) in [7, 11) is 2.88. The Kier molecular flexibility index (Phi) is 19.6. The summed E-state index contributed by atoms with van der Waals surface area (Å²) in [4.78, 5) is 0. The second-order valence-electron chi connectivity index (χ2n) is 5.48. The number of hydrogen-bond donors (Lipinski definition) is 0. The topological polar surface area (TPSA) is 88.4 Å². The van der Waals surface area contributed by atoms with Crippen molar-refractivity contribution in [2.45, 2.75) is 27.7 Å². The summed E-state index contributed by atoms with van der Waals surface area (Å²) < 4.78 is 37.5. The monoisotopic (exact) mass is 627 g/mol. The molecule has 0 aromatic heterocycles. The molecule has 0 radical (unpaired) electrons. The third-order valence-corrected chi connectivity index (χ3v) is 17.7. The molecule has 196 valence electrons. The highest BCUT2D eigenvalue weighted by atomic mass is 32.9. The van der Waals surface area contributed by atoms with E-state index >= 15 is 0 Å². The van der Waals surface area contributed by atoms with E-state index in [1.807, 2.05) is 33.8 Å². The van der Waals surface area contributed by atoms with Crippen molar-refractivity contribution in [2.24, 2.45) is 0 Å². The summed E-state index contributed by atoms with van der Waals surface area (Å²) in [6, 6.07) is 8.59. The van der Waals surface area contributed by atoms with Gasteiger partial charge in [-0.05, 0) is 75.6 Å². The highest BCUT2D eigenvalue weighted by molar-refractivity contribution is 8.76. The second-order valence-corrected chi connectivity index (χ2v) is 21.6. The van der Waals surface area contributed by atoms with E-state index in [1.165, 1.54) is 37.0 Å². The Labute approximate surface area is 227 Å². The van der Waals surface area contributed by atoms with Crippen LogP contribution >= 0.6 is 40.9 Å². The van der Waals surface area contributed by atoms with Gasteiger partial charge in [-0.15, -0.1) is 0 Å². The second kappa shape index (κ2) is 19.1. The molecule has 0 saturated carbocycles. The van der Waals surface area contributed by atoms with Crippen molar-refractivity contribution in [3.63, 3.8) is 0 Å². The van der Waals surface area contributed by atoms with Crippen LogP contribution in [-0.4, -0.2) is 45.7 Å². The number of rotatable bonds is 16. The fourth-order valence-corrected chi connectivity index (χ4v) is 15.5. The molecule has 0 aliphatic carbocycles. The van der Waals surface area contributed by atoms with Gasteiger partial charge in [-0.2, -0.15) is 5.26 Å². The van der Waals surface area contributed by atoms with Gasteiger partial charge < -0.3 is 31.7 Å². The summed E-state index contributed by atoms with van der Waals surface area (Å²) in [5, 5.41) is 9.26. The summed E-state index contributed by atoms with van der Waals surface area (Å²) in [6.45, 7) is 7.21. The molecule has 0 N–H and O–H groups in total. The van der Waals surface area contributed by atoms with Gasteiger partial charge in [0.2, 0.25) is 11.4 Å². The molecule has 0 saturated heterocycles. The zero-order chi connectivity index (χ0) is 26.1. The van der Waals surface area contributed by atoms with Crippen LogP contribution in [0.1, 0.15) is 33.3 Å². The summed E-state index contributed by atoms with van der Waals surface area (Å²) in [6.07, 6.45) is 0. The van der Waals surface area contributed by atoms with Crippen LogP contribution in [0.4, 0.5) is 0 Å².